The van der Waals surface area contributed by atoms with E-state index in [9.17, 15) is 33.6 Å². The van der Waals surface area contributed by atoms with Gasteiger partial charge in [0.15, 0.2) is 0 Å². The van der Waals surface area contributed by atoms with Gasteiger partial charge in [0.2, 0.25) is 5.91 Å². The van der Waals surface area contributed by atoms with E-state index in [4.69, 9.17) is 30.5 Å². The number of likely N-dealkylation sites (tertiary alicyclic amines) is 1. The Labute approximate surface area is 408 Å². The van der Waals surface area contributed by atoms with Gasteiger partial charge < -0.3 is 45.1 Å². The number of nitrogens with zero attached hydrogens (tertiary/aromatic N) is 6. The minimum atomic E-state index is -1.37. The molecule has 1 atom stereocenters. The molecule has 1 aliphatic rings. The first-order valence-electron chi connectivity index (χ1n) is 22.4. The van der Waals surface area contributed by atoms with Crippen molar-refractivity contribution >= 4 is 81.4 Å². The molecule has 2 aromatic heterocycles. The fraction of sp³-hybridized carbons (Fsp3) is 0.417. The Balaban J connectivity index is 1.19. The van der Waals surface area contributed by atoms with E-state index < -0.39 is 58.6 Å². The van der Waals surface area contributed by atoms with Gasteiger partial charge in [0.1, 0.15) is 41.5 Å². The molecule has 5 aromatic rings. The predicted octanol–water partition coefficient (Wildman–Crippen LogP) is 6.67. The van der Waals surface area contributed by atoms with Crippen LogP contribution in [-0.4, -0.2) is 120 Å². The first-order valence-corrected chi connectivity index (χ1v) is 22.7. The molecule has 3 aromatic carbocycles. The summed E-state index contributed by atoms with van der Waals surface area (Å²) in [5.74, 6) is -4.27. The van der Waals surface area contributed by atoms with Crippen LogP contribution in [0.15, 0.2) is 73.1 Å². The fourth-order valence-corrected chi connectivity index (χ4v) is 7.32. The van der Waals surface area contributed by atoms with Gasteiger partial charge in [-0.25, -0.2) is 23.7 Å². The van der Waals surface area contributed by atoms with E-state index in [1.165, 1.54) is 47.4 Å². The Hall–Kier alpha value is -7.39. The van der Waals surface area contributed by atoms with Crippen LogP contribution >= 0.6 is 11.6 Å². The largest absolute Gasteiger partial charge is 0.458 e. The Morgan fingerprint density at radius 3 is 2.03 bits per heavy atom. The highest BCUT2D eigenvalue weighted by Gasteiger charge is 2.31. The molecule has 0 saturated carbocycles. The second-order valence-electron chi connectivity index (χ2n) is 19.4. The minimum Gasteiger partial charge on any atom is -0.458 e. The predicted molar refractivity (Wildman–Crippen MR) is 258 cm³/mol. The van der Waals surface area contributed by atoms with E-state index in [-0.39, 0.29) is 52.8 Å². The van der Waals surface area contributed by atoms with Gasteiger partial charge in [-0.1, -0.05) is 23.7 Å². The molecule has 22 heteroatoms. The van der Waals surface area contributed by atoms with Crippen molar-refractivity contribution in [2.75, 3.05) is 35.6 Å². The van der Waals surface area contributed by atoms with Gasteiger partial charge >= 0.3 is 35.9 Å². The van der Waals surface area contributed by atoms with Crippen molar-refractivity contribution in [2.24, 2.45) is 0 Å². The van der Waals surface area contributed by atoms with Crippen LogP contribution < -0.4 is 21.3 Å². The second-order valence-corrected chi connectivity index (χ2v) is 19.9. The number of carbonyl (C=O) groups is 7. The van der Waals surface area contributed by atoms with Crippen LogP contribution in [0.1, 0.15) is 91.2 Å². The molecule has 1 aliphatic heterocycles. The molecule has 0 aliphatic carbocycles. The number of anilines is 3. The molecule has 0 radical (unpaired) electrons. The number of amides is 5. The smallest absolute Gasteiger partial charge is 0.419 e. The van der Waals surface area contributed by atoms with Gasteiger partial charge in [-0.3, -0.25) is 14.4 Å². The Morgan fingerprint density at radius 1 is 0.743 bits per heavy atom. The van der Waals surface area contributed by atoms with Crippen LogP contribution in [0.5, 0.6) is 0 Å². The molecule has 3 heterocycles. The lowest BCUT2D eigenvalue weighted by atomic mass is 10.0. The molecule has 0 unspecified atom stereocenters. The monoisotopic (exact) mass is 984 g/mol. The molecule has 1 saturated heterocycles. The zero-order valence-corrected chi connectivity index (χ0v) is 41.1. The van der Waals surface area contributed by atoms with E-state index in [1.54, 1.807) is 97.5 Å². The van der Waals surface area contributed by atoms with Gasteiger partial charge in [-0.15, -0.1) is 5.10 Å². The number of urea groups is 1. The molecule has 70 heavy (non-hydrogen) atoms. The summed E-state index contributed by atoms with van der Waals surface area (Å²) in [6.07, 6.45) is 1.20. The Morgan fingerprint density at radius 2 is 1.40 bits per heavy atom. The number of ether oxygens (including phenoxy) is 4. The van der Waals surface area contributed by atoms with Gasteiger partial charge in [-0.05, 0) is 146 Å². The third-order valence-corrected chi connectivity index (χ3v) is 10.4. The molecule has 6 rings (SSSR count). The van der Waals surface area contributed by atoms with Crippen LogP contribution in [0.3, 0.4) is 0 Å². The number of halogens is 1. The van der Waals surface area contributed by atoms with Gasteiger partial charge in [0.25, 0.3) is 0 Å². The van der Waals surface area contributed by atoms with Crippen molar-refractivity contribution < 1.29 is 52.5 Å². The molecule has 372 valence electrons. The average Bonchev–Trinajstić information content (AvgIpc) is 3.94. The third-order valence-electron chi connectivity index (χ3n) is 10.1. The molecular weight excluding hydrogens is 928 g/mol. The number of hydrogen-bond donors (Lipinski definition) is 4. The van der Waals surface area contributed by atoms with Crippen LogP contribution in [0.2, 0.25) is 5.02 Å². The number of nitrogens with one attached hydrogen (secondary N) is 4. The summed E-state index contributed by atoms with van der Waals surface area (Å²) in [5, 5.41) is 22.4. The van der Waals surface area contributed by atoms with Crippen molar-refractivity contribution in [2.45, 2.75) is 111 Å². The summed E-state index contributed by atoms with van der Waals surface area (Å²) < 4.78 is 24.6. The lowest BCUT2D eigenvalue weighted by Gasteiger charge is -2.32. The zero-order valence-electron chi connectivity index (χ0n) is 40.4. The molecule has 5 amide bonds. The van der Waals surface area contributed by atoms with E-state index in [2.05, 4.69) is 36.8 Å². The maximum Gasteiger partial charge on any atom is 0.419 e. The average molecular weight is 985 g/mol. The normalized spacial score (nSPS) is 13.8. The minimum absolute atomic E-state index is 0.104. The Kier molecular flexibility index (Phi) is 16.0. The number of hydrogen-bond acceptors (Lipinski definition) is 14. The number of carbonyl (C=O) groups excluding carboxylic acids is 7. The molecule has 4 N–H and O–H groups in total. The first kappa shape index (κ1) is 52.0. The van der Waals surface area contributed by atoms with Crippen molar-refractivity contribution in [1.29, 1.82) is 0 Å². The third kappa shape index (κ3) is 14.6. The summed E-state index contributed by atoms with van der Waals surface area (Å²) in [5.41, 5.74) is -0.589. The number of piperidine rings is 1. The highest BCUT2D eigenvalue weighted by Crippen LogP contribution is 2.28. The maximum atomic E-state index is 14.2. The van der Waals surface area contributed by atoms with Crippen molar-refractivity contribution in [3.8, 4) is 5.69 Å². The summed E-state index contributed by atoms with van der Waals surface area (Å²) >= 11 is 6.22. The van der Waals surface area contributed by atoms with Crippen LogP contribution in [0.4, 0.5) is 26.7 Å². The van der Waals surface area contributed by atoms with E-state index in [0.29, 0.717) is 48.3 Å². The van der Waals surface area contributed by atoms with E-state index in [1.807, 2.05) is 0 Å². The van der Waals surface area contributed by atoms with Crippen molar-refractivity contribution in [3.05, 3.63) is 89.3 Å². The number of fused-ring (bicyclic) bond motifs is 1. The van der Waals surface area contributed by atoms with Crippen molar-refractivity contribution in [3.63, 3.8) is 0 Å². The molecule has 0 spiro atoms. The zero-order chi connectivity index (χ0) is 51.1. The van der Waals surface area contributed by atoms with Gasteiger partial charge in [0, 0.05) is 41.3 Å². The molecule has 0 bridgehead atoms. The fourth-order valence-electron chi connectivity index (χ4n) is 7.14. The maximum absolute atomic E-state index is 14.2. The first-order chi connectivity index (χ1) is 32.8. The van der Waals surface area contributed by atoms with Gasteiger partial charge in [0.05, 0.1) is 23.0 Å². The molecule has 1 fully saturated rings. The number of rotatable bonds is 12. The highest BCUT2D eigenvalue weighted by atomic mass is 35.5. The SMILES string of the molecule is CC(C)(C)OC(=O)COC1CCN(C(=O)Nc2ccc(C[C@H](NC(=O)C(=O)Nc3cc(Cl)ccc3-n3cnnn3)C(=O)Nc3ccc4c(c3)cc(C(=O)OC(C)(C)C)n4C(=O)OC(C)(C)C)cc2)CC1. The van der Waals surface area contributed by atoms with Crippen LogP contribution in [0.25, 0.3) is 16.6 Å². The number of aromatic nitrogens is 5. The van der Waals surface area contributed by atoms with Crippen molar-refractivity contribution in [1.82, 2.24) is 35.0 Å². The second kappa shape index (κ2) is 21.5. The number of tetrazole rings is 1. The summed E-state index contributed by atoms with van der Waals surface area (Å²) in [4.78, 5) is 95.1. The standard InChI is InChI=1S/C48H57ClN10O11/c1-46(2,3)68-39(60)26-67-33-18-20-57(21-19-33)44(65)52-31-13-10-28(11-14-31)22-35(54-42(63)41(62)53-34-25-30(49)12-16-37(34)58-27-50-55-56-58)40(61)51-32-15-17-36-29(23-32)24-38(43(64)69-47(4,5)6)59(36)45(66)70-48(7,8)9/h10-17,23-25,27,33,35H,18-22,26H2,1-9H3,(H,51,61)(H,52,65)(H,53,62)(H,54,63)/t35-/m0/s1. The topological polar surface area (TPSA) is 256 Å². The van der Waals surface area contributed by atoms with E-state index in [0.717, 1.165) is 4.57 Å². The van der Waals surface area contributed by atoms with Gasteiger partial charge in [-0.2, -0.15) is 4.68 Å². The summed E-state index contributed by atoms with van der Waals surface area (Å²) in [6.45, 7) is 16.1. The quantitative estimate of drug-likeness (QED) is 0.0579. The lowest BCUT2D eigenvalue weighted by Crippen LogP contribution is -2.49. The molecular formula is C48H57ClN10O11. The van der Waals surface area contributed by atoms with Crippen LogP contribution in [0, 0.1) is 0 Å². The molecule has 21 nitrogen and oxygen atoms in total. The summed E-state index contributed by atoms with van der Waals surface area (Å²) in [6, 6.07) is 15.4. The number of benzene rings is 3. The highest BCUT2D eigenvalue weighted by molar-refractivity contribution is 6.40. The summed E-state index contributed by atoms with van der Waals surface area (Å²) in [7, 11) is 0. The Bertz CT molecular complexity index is 2750. The number of esters is 2. The lowest BCUT2D eigenvalue weighted by molar-refractivity contribution is -0.163. The van der Waals surface area contributed by atoms with Crippen LogP contribution in [-0.2, 0) is 44.5 Å². The van der Waals surface area contributed by atoms with E-state index >= 15 is 0 Å².